The SMILES string of the molecule is CCOC(=O)C(C)(NC1CC1)c1cc(Br)ccc1F. The third-order valence-corrected chi connectivity index (χ3v) is 3.71. The quantitative estimate of drug-likeness (QED) is 0.843. The van der Waals surface area contributed by atoms with E-state index in [1.807, 2.05) is 0 Å². The molecule has 104 valence electrons. The van der Waals surface area contributed by atoms with Crippen LogP contribution in [-0.2, 0) is 15.1 Å². The van der Waals surface area contributed by atoms with Crippen LogP contribution < -0.4 is 5.32 Å². The van der Waals surface area contributed by atoms with Crippen LogP contribution in [0.3, 0.4) is 0 Å². The number of esters is 1. The molecule has 0 heterocycles. The number of carbonyl (C=O) groups is 1. The topological polar surface area (TPSA) is 38.3 Å². The van der Waals surface area contributed by atoms with Crippen LogP contribution in [0.15, 0.2) is 22.7 Å². The lowest BCUT2D eigenvalue weighted by atomic mass is 9.91. The number of hydrogen-bond donors (Lipinski definition) is 1. The van der Waals surface area contributed by atoms with Crippen molar-refractivity contribution in [1.82, 2.24) is 5.32 Å². The molecule has 1 aromatic rings. The smallest absolute Gasteiger partial charge is 0.330 e. The van der Waals surface area contributed by atoms with Crippen LogP contribution in [0, 0.1) is 5.82 Å². The standard InChI is InChI=1S/C14H17BrFNO2/c1-3-19-13(18)14(2,17-10-5-6-10)11-8-9(15)4-7-12(11)16/h4,7-8,10,17H,3,5-6H2,1-2H3. The molecular formula is C14H17BrFNO2. The summed E-state index contributed by atoms with van der Waals surface area (Å²) in [6.07, 6.45) is 2.01. The fraction of sp³-hybridized carbons (Fsp3) is 0.500. The largest absolute Gasteiger partial charge is 0.464 e. The lowest BCUT2D eigenvalue weighted by Crippen LogP contribution is -2.49. The monoisotopic (exact) mass is 329 g/mol. The third-order valence-electron chi connectivity index (χ3n) is 3.22. The van der Waals surface area contributed by atoms with E-state index in [0.29, 0.717) is 5.56 Å². The lowest BCUT2D eigenvalue weighted by molar-refractivity contribution is -0.151. The van der Waals surface area contributed by atoms with E-state index < -0.39 is 17.3 Å². The van der Waals surface area contributed by atoms with E-state index in [9.17, 15) is 9.18 Å². The molecule has 0 aliphatic heterocycles. The molecule has 1 N–H and O–H groups in total. The number of benzene rings is 1. The number of hydrogen-bond acceptors (Lipinski definition) is 3. The molecule has 5 heteroatoms. The summed E-state index contributed by atoms with van der Waals surface area (Å²) in [5, 5.41) is 3.20. The minimum Gasteiger partial charge on any atom is -0.464 e. The average molecular weight is 330 g/mol. The molecule has 0 saturated heterocycles. The number of halogens is 2. The summed E-state index contributed by atoms with van der Waals surface area (Å²) in [5.41, 5.74) is -0.836. The van der Waals surface area contributed by atoms with Crippen molar-refractivity contribution in [3.05, 3.63) is 34.1 Å². The number of carbonyl (C=O) groups excluding carboxylic acids is 1. The molecule has 0 amide bonds. The fourth-order valence-electron chi connectivity index (χ4n) is 2.04. The summed E-state index contributed by atoms with van der Waals surface area (Å²) in [5.74, 6) is -0.856. The first-order valence-electron chi connectivity index (χ1n) is 6.38. The van der Waals surface area contributed by atoms with Gasteiger partial charge in [-0.25, -0.2) is 9.18 Å². The minimum atomic E-state index is -1.15. The van der Waals surface area contributed by atoms with Gasteiger partial charge in [0, 0.05) is 16.1 Å². The molecule has 1 fully saturated rings. The van der Waals surface area contributed by atoms with Crippen molar-refractivity contribution in [2.24, 2.45) is 0 Å². The van der Waals surface area contributed by atoms with Gasteiger partial charge in [-0.3, -0.25) is 5.32 Å². The van der Waals surface area contributed by atoms with Crippen molar-refractivity contribution < 1.29 is 13.9 Å². The molecule has 19 heavy (non-hydrogen) atoms. The van der Waals surface area contributed by atoms with Gasteiger partial charge in [0.25, 0.3) is 0 Å². The van der Waals surface area contributed by atoms with Crippen LogP contribution in [0.1, 0.15) is 32.3 Å². The van der Waals surface area contributed by atoms with Crippen LogP contribution in [0.4, 0.5) is 4.39 Å². The molecule has 1 aliphatic carbocycles. The molecule has 0 spiro atoms. The van der Waals surface area contributed by atoms with Gasteiger partial charge in [0.05, 0.1) is 6.61 Å². The molecule has 0 radical (unpaired) electrons. The molecule has 3 nitrogen and oxygen atoms in total. The Labute approximate surface area is 120 Å². The summed E-state index contributed by atoms with van der Waals surface area (Å²) in [7, 11) is 0. The summed E-state index contributed by atoms with van der Waals surface area (Å²) in [6, 6.07) is 4.85. The second kappa shape index (κ2) is 5.59. The molecule has 2 rings (SSSR count). The highest BCUT2D eigenvalue weighted by Crippen LogP contribution is 2.32. The van der Waals surface area contributed by atoms with Crippen LogP contribution >= 0.6 is 15.9 Å². The predicted molar refractivity (Wildman–Crippen MR) is 74.2 cm³/mol. The second-order valence-corrected chi connectivity index (χ2v) is 5.80. The average Bonchev–Trinajstić information content (AvgIpc) is 3.16. The van der Waals surface area contributed by atoms with E-state index in [2.05, 4.69) is 21.2 Å². The van der Waals surface area contributed by atoms with E-state index >= 15 is 0 Å². The van der Waals surface area contributed by atoms with Crippen LogP contribution in [0.25, 0.3) is 0 Å². The van der Waals surface area contributed by atoms with Gasteiger partial charge in [0.1, 0.15) is 11.4 Å². The molecule has 0 aromatic heterocycles. The first-order chi connectivity index (χ1) is 8.97. The molecular weight excluding hydrogens is 313 g/mol. The van der Waals surface area contributed by atoms with Gasteiger partial charge in [-0.05, 0) is 44.9 Å². The van der Waals surface area contributed by atoms with E-state index in [0.717, 1.165) is 17.3 Å². The summed E-state index contributed by atoms with van der Waals surface area (Å²) >= 11 is 3.31. The van der Waals surface area contributed by atoms with Gasteiger partial charge in [0.2, 0.25) is 0 Å². The van der Waals surface area contributed by atoms with Gasteiger partial charge >= 0.3 is 5.97 Å². The number of rotatable bonds is 5. The van der Waals surface area contributed by atoms with Crippen molar-refractivity contribution in [3.63, 3.8) is 0 Å². The van der Waals surface area contributed by atoms with Gasteiger partial charge in [-0.2, -0.15) is 0 Å². The van der Waals surface area contributed by atoms with E-state index in [-0.39, 0.29) is 12.6 Å². The van der Waals surface area contributed by atoms with E-state index in [4.69, 9.17) is 4.74 Å². The van der Waals surface area contributed by atoms with E-state index in [1.165, 1.54) is 6.07 Å². The Bertz CT molecular complexity index is 490. The molecule has 0 bridgehead atoms. The van der Waals surface area contributed by atoms with Crippen LogP contribution in [0.5, 0.6) is 0 Å². The molecule has 1 saturated carbocycles. The van der Waals surface area contributed by atoms with Gasteiger partial charge in [-0.15, -0.1) is 0 Å². The minimum absolute atomic E-state index is 0.257. The lowest BCUT2D eigenvalue weighted by Gasteiger charge is -2.29. The Morgan fingerprint density at radius 3 is 2.84 bits per heavy atom. The zero-order valence-corrected chi connectivity index (χ0v) is 12.6. The first-order valence-corrected chi connectivity index (χ1v) is 7.17. The maximum Gasteiger partial charge on any atom is 0.330 e. The van der Waals surface area contributed by atoms with Crippen molar-refractivity contribution in [2.75, 3.05) is 6.61 Å². The second-order valence-electron chi connectivity index (χ2n) is 4.89. The summed E-state index contributed by atoms with van der Waals surface area (Å²) < 4.78 is 19.9. The van der Waals surface area contributed by atoms with Gasteiger partial charge in [-0.1, -0.05) is 15.9 Å². The number of ether oxygens (including phenoxy) is 1. The van der Waals surface area contributed by atoms with Gasteiger partial charge in [0.15, 0.2) is 0 Å². The van der Waals surface area contributed by atoms with Crippen LogP contribution in [-0.4, -0.2) is 18.6 Å². The van der Waals surface area contributed by atoms with E-state index in [1.54, 1.807) is 26.0 Å². The Kier molecular flexibility index (Phi) is 4.26. The fourth-order valence-corrected chi connectivity index (χ4v) is 2.40. The maximum atomic E-state index is 14.1. The molecule has 1 atom stereocenters. The van der Waals surface area contributed by atoms with Crippen LogP contribution in [0.2, 0.25) is 0 Å². The molecule has 1 unspecified atom stereocenters. The molecule has 1 aliphatic rings. The van der Waals surface area contributed by atoms with Crippen molar-refractivity contribution in [3.8, 4) is 0 Å². The first kappa shape index (κ1) is 14.5. The number of nitrogens with one attached hydrogen (secondary N) is 1. The van der Waals surface area contributed by atoms with Gasteiger partial charge < -0.3 is 4.74 Å². The Morgan fingerprint density at radius 1 is 1.58 bits per heavy atom. The highest BCUT2D eigenvalue weighted by molar-refractivity contribution is 9.10. The predicted octanol–water partition coefficient (Wildman–Crippen LogP) is 3.12. The Balaban J connectivity index is 2.40. The Hall–Kier alpha value is -0.940. The Morgan fingerprint density at radius 2 is 2.26 bits per heavy atom. The summed E-state index contributed by atoms with van der Waals surface area (Å²) in [6.45, 7) is 3.69. The summed E-state index contributed by atoms with van der Waals surface area (Å²) in [4.78, 5) is 12.2. The van der Waals surface area contributed by atoms with Crippen molar-refractivity contribution in [1.29, 1.82) is 0 Å². The molecule has 1 aromatic carbocycles. The van der Waals surface area contributed by atoms with Crippen molar-refractivity contribution in [2.45, 2.75) is 38.3 Å². The normalized spacial score (nSPS) is 17.9. The van der Waals surface area contributed by atoms with Crippen molar-refractivity contribution >= 4 is 21.9 Å². The maximum absolute atomic E-state index is 14.1. The zero-order valence-electron chi connectivity index (χ0n) is 11.0. The zero-order chi connectivity index (χ0) is 14.0. The third kappa shape index (κ3) is 3.15. The highest BCUT2D eigenvalue weighted by atomic mass is 79.9. The highest BCUT2D eigenvalue weighted by Gasteiger charge is 2.43.